The number of carbonyl (C=O) groups excluding carboxylic acids is 2. The van der Waals surface area contributed by atoms with Crippen LogP contribution in [0.15, 0.2) is 36.7 Å². The topological polar surface area (TPSA) is 55.2 Å². The minimum atomic E-state index is -0.0639. The third kappa shape index (κ3) is 3.43. The number of likely N-dealkylation sites (tertiary alicyclic amines) is 1. The maximum absolute atomic E-state index is 12.9. The highest BCUT2D eigenvalue weighted by Crippen LogP contribution is 2.33. The van der Waals surface area contributed by atoms with Gasteiger partial charge in [0.05, 0.1) is 5.56 Å². The maximum atomic E-state index is 12.9. The van der Waals surface area contributed by atoms with Crippen molar-refractivity contribution in [3.05, 3.63) is 53.6 Å². The van der Waals surface area contributed by atoms with E-state index in [0.717, 1.165) is 25.3 Å². The molecule has 2 aromatic rings. The van der Waals surface area contributed by atoms with Crippen molar-refractivity contribution in [3.8, 4) is 0 Å². The van der Waals surface area contributed by atoms with Crippen molar-refractivity contribution in [1.82, 2.24) is 14.5 Å². The van der Waals surface area contributed by atoms with Crippen molar-refractivity contribution in [2.75, 3.05) is 13.1 Å². The van der Waals surface area contributed by atoms with Gasteiger partial charge in [0.1, 0.15) is 5.82 Å². The van der Waals surface area contributed by atoms with Crippen molar-refractivity contribution < 1.29 is 9.59 Å². The number of ketones is 1. The first-order valence-corrected chi connectivity index (χ1v) is 9.53. The average molecular weight is 351 g/mol. The number of nitrogens with zero attached hydrogens (tertiary/aromatic N) is 3. The summed E-state index contributed by atoms with van der Waals surface area (Å²) in [5, 5.41) is 0. The van der Waals surface area contributed by atoms with E-state index in [4.69, 9.17) is 0 Å². The average Bonchev–Trinajstić information content (AvgIpc) is 3.36. The normalized spacial score (nSPS) is 18.1. The second-order valence-electron chi connectivity index (χ2n) is 7.55. The monoisotopic (exact) mass is 351 g/mol. The molecule has 0 unspecified atom stereocenters. The van der Waals surface area contributed by atoms with Gasteiger partial charge in [0.25, 0.3) is 5.91 Å². The van der Waals surface area contributed by atoms with Crippen LogP contribution in [0, 0.1) is 5.92 Å². The molecular formula is C21H25N3O2. The molecule has 2 heterocycles. The third-order valence-corrected chi connectivity index (χ3v) is 5.58. The number of aromatic nitrogens is 2. The van der Waals surface area contributed by atoms with Gasteiger partial charge in [-0.25, -0.2) is 4.98 Å². The van der Waals surface area contributed by atoms with Gasteiger partial charge in [0.15, 0.2) is 5.78 Å². The number of amides is 1. The first kappa shape index (κ1) is 17.0. The molecule has 1 aliphatic heterocycles. The van der Waals surface area contributed by atoms with Gasteiger partial charge in [-0.05, 0) is 44.6 Å². The lowest BCUT2D eigenvalue weighted by atomic mass is 9.94. The number of carbonyl (C=O) groups is 2. The van der Waals surface area contributed by atoms with Crippen molar-refractivity contribution in [2.45, 2.75) is 45.1 Å². The SMILES string of the molecule is CC(=O)c1ccccc1C(=O)N1CCC(c2nccn2CC2CC2)CC1. The lowest BCUT2D eigenvalue weighted by Gasteiger charge is -2.32. The van der Waals surface area contributed by atoms with Crippen molar-refractivity contribution in [3.63, 3.8) is 0 Å². The number of hydrogen-bond donors (Lipinski definition) is 0. The second-order valence-corrected chi connectivity index (χ2v) is 7.55. The molecule has 0 N–H and O–H groups in total. The first-order valence-electron chi connectivity index (χ1n) is 9.53. The molecule has 0 bridgehead atoms. The van der Waals surface area contributed by atoms with Gasteiger partial charge in [0.2, 0.25) is 0 Å². The Morgan fingerprint density at radius 3 is 2.42 bits per heavy atom. The van der Waals surface area contributed by atoms with Crippen molar-refractivity contribution in [2.24, 2.45) is 5.92 Å². The van der Waals surface area contributed by atoms with Crippen LogP contribution in [0.4, 0.5) is 0 Å². The van der Waals surface area contributed by atoms with Gasteiger partial charge in [-0.3, -0.25) is 9.59 Å². The van der Waals surface area contributed by atoms with Crippen LogP contribution >= 0.6 is 0 Å². The minimum Gasteiger partial charge on any atom is -0.339 e. The molecule has 2 aliphatic rings. The molecule has 5 nitrogen and oxygen atoms in total. The number of hydrogen-bond acceptors (Lipinski definition) is 3. The highest BCUT2D eigenvalue weighted by Gasteiger charge is 2.29. The summed E-state index contributed by atoms with van der Waals surface area (Å²) in [5.41, 5.74) is 1.04. The fourth-order valence-corrected chi connectivity index (χ4v) is 3.90. The second kappa shape index (κ2) is 7.06. The fourth-order valence-electron chi connectivity index (χ4n) is 3.90. The summed E-state index contributed by atoms with van der Waals surface area (Å²) >= 11 is 0. The highest BCUT2D eigenvalue weighted by atomic mass is 16.2. The number of piperidine rings is 1. The number of benzene rings is 1. The molecule has 5 heteroatoms. The zero-order valence-corrected chi connectivity index (χ0v) is 15.2. The molecule has 1 aliphatic carbocycles. The van der Waals surface area contributed by atoms with E-state index in [1.807, 2.05) is 17.2 Å². The first-order chi connectivity index (χ1) is 12.6. The van der Waals surface area contributed by atoms with Crippen molar-refractivity contribution >= 4 is 11.7 Å². The van der Waals surface area contributed by atoms with E-state index in [2.05, 4.69) is 15.7 Å². The van der Waals surface area contributed by atoms with Gasteiger partial charge in [-0.1, -0.05) is 18.2 Å². The summed E-state index contributed by atoms with van der Waals surface area (Å²) in [6.07, 6.45) is 8.51. The number of Topliss-reactive ketones (excluding diaryl/α,β-unsaturated/α-hetero) is 1. The molecule has 0 atom stereocenters. The van der Waals surface area contributed by atoms with Gasteiger partial charge in [-0.15, -0.1) is 0 Å². The summed E-state index contributed by atoms with van der Waals surface area (Å²) in [7, 11) is 0. The molecular weight excluding hydrogens is 326 g/mol. The molecule has 1 saturated carbocycles. The summed E-state index contributed by atoms with van der Waals surface area (Å²) in [6, 6.07) is 7.12. The lowest BCUT2D eigenvalue weighted by Crippen LogP contribution is -2.39. The Morgan fingerprint density at radius 2 is 1.77 bits per heavy atom. The Morgan fingerprint density at radius 1 is 1.08 bits per heavy atom. The summed E-state index contributed by atoms with van der Waals surface area (Å²) in [6.45, 7) is 4.02. The van der Waals surface area contributed by atoms with Crippen LogP contribution in [0.25, 0.3) is 0 Å². The van der Waals surface area contributed by atoms with Crippen LogP contribution < -0.4 is 0 Å². The van der Waals surface area contributed by atoms with E-state index in [0.29, 0.717) is 30.1 Å². The molecule has 1 amide bonds. The van der Waals surface area contributed by atoms with E-state index in [1.54, 1.807) is 18.2 Å². The van der Waals surface area contributed by atoms with E-state index >= 15 is 0 Å². The molecule has 2 fully saturated rings. The predicted molar refractivity (Wildman–Crippen MR) is 99.3 cm³/mol. The van der Waals surface area contributed by atoms with Crippen LogP contribution in [0.5, 0.6) is 0 Å². The van der Waals surface area contributed by atoms with E-state index in [9.17, 15) is 9.59 Å². The van der Waals surface area contributed by atoms with Crippen LogP contribution in [-0.2, 0) is 6.54 Å². The Bertz CT molecular complexity index is 814. The third-order valence-electron chi connectivity index (χ3n) is 5.58. The standard InChI is InChI=1S/C21H25N3O2/c1-15(25)18-4-2-3-5-19(18)21(26)23-11-8-17(9-12-23)20-22-10-13-24(20)14-16-6-7-16/h2-5,10,13,16-17H,6-9,11-12,14H2,1H3. The predicted octanol–water partition coefficient (Wildman–Crippen LogP) is 3.52. The summed E-state index contributed by atoms with van der Waals surface area (Å²) in [4.78, 5) is 31.2. The largest absolute Gasteiger partial charge is 0.339 e. The van der Waals surface area contributed by atoms with E-state index < -0.39 is 0 Å². The molecule has 4 rings (SSSR count). The molecule has 26 heavy (non-hydrogen) atoms. The molecule has 0 radical (unpaired) electrons. The van der Waals surface area contributed by atoms with Gasteiger partial charge >= 0.3 is 0 Å². The van der Waals surface area contributed by atoms with Gasteiger partial charge in [0, 0.05) is 43.5 Å². The molecule has 1 aromatic carbocycles. The number of rotatable bonds is 5. The van der Waals surface area contributed by atoms with Crippen molar-refractivity contribution in [1.29, 1.82) is 0 Å². The van der Waals surface area contributed by atoms with Crippen LogP contribution in [0.3, 0.4) is 0 Å². The molecule has 1 saturated heterocycles. The maximum Gasteiger partial charge on any atom is 0.254 e. The zero-order valence-electron chi connectivity index (χ0n) is 15.2. The summed E-state index contributed by atoms with van der Waals surface area (Å²) in [5.74, 6) is 2.32. The van der Waals surface area contributed by atoms with E-state index in [-0.39, 0.29) is 11.7 Å². The highest BCUT2D eigenvalue weighted by molar-refractivity contribution is 6.07. The molecule has 1 aromatic heterocycles. The molecule has 0 spiro atoms. The Kier molecular flexibility index (Phi) is 4.62. The van der Waals surface area contributed by atoms with Gasteiger partial charge < -0.3 is 9.47 Å². The summed E-state index contributed by atoms with van der Waals surface area (Å²) < 4.78 is 2.31. The van der Waals surface area contributed by atoms with E-state index in [1.165, 1.54) is 25.6 Å². The Balaban J connectivity index is 1.43. The smallest absolute Gasteiger partial charge is 0.254 e. The number of imidazole rings is 1. The van der Waals surface area contributed by atoms with Crippen LogP contribution in [0.2, 0.25) is 0 Å². The minimum absolute atomic E-state index is 0.0319. The van der Waals surface area contributed by atoms with Crippen LogP contribution in [-0.4, -0.2) is 39.2 Å². The fraction of sp³-hybridized carbons (Fsp3) is 0.476. The molecule has 136 valence electrons. The lowest BCUT2D eigenvalue weighted by molar-refractivity contribution is 0.0706. The Hall–Kier alpha value is -2.43. The van der Waals surface area contributed by atoms with Gasteiger partial charge in [-0.2, -0.15) is 0 Å². The quantitative estimate of drug-likeness (QED) is 0.775. The Labute approximate surface area is 154 Å². The zero-order chi connectivity index (χ0) is 18.1. The van der Waals surface area contributed by atoms with Crippen LogP contribution in [0.1, 0.15) is 65.1 Å².